The van der Waals surface area contributed by atoms with E-state index in [1.807, 2.05) is 6.92 Å². The predicted molar refractivity (Wildman–Crippen MR) is 90.6 cm³/mol. The molecule has 0 aliphatic carbocycles. The highest BCUT2D eigenvalue weighted by Gasteiger charge is 2.42. The van der Waals surface area contributed by atoms with Crippen molar-refractivity contribution in [2.45, 2.75) is 32.2 Å². The minimum absolute atomic E-state index is 0.0174. The summed E-state index contributed by atoms with van der Waals surface area (Å²) in [5, 5.41) is 13.1. The Hall–Kier alpha value is -2.39. The topological polar surface area (TPSA) is 67.6 Å². The number of ether oxygens (including phenoxy) is 1. The largest absolute Gasteiger partial charge is 0.434 e. The van der Waals surface area contributed by atoms with E-state index in [0.717, 1.165) is 16.4 Å². The average molecular weight is 383 g/mol. The van der Waals surface area contributed by atoms with Crippen LogP contribution in [0.5, 0.6) is 0 Å². The molecule has 1 saturated heterocycles. The van der Waals surface area contributed by atoms with Crippen LogP contribution in [0, 0.1) is 6.92 Å². The number of hydrogen-bond acceptors (Lipinski definition) is 4. The van der Waals surface area contributed by atoms with Gasteiger partial charge in [-0.2, -0.15) is 18.3 Å². The zero-order chi connectivity index (χ0) is 19.8. The summed E-state index contributed by atoms with van der Waals surface area (Å²) in [6.45, 7) is 3.35. The Kier molecular flexibility index (Phi) is 5.25. The number of aromatic nitrogens is 2. The molecule has 1 aliphatic rings. The van der Waals surface area contributed by atoms with Crippen LogP contribution in [0.25, 0.3) is 5.69 Å². The highest BCUT2D eigenvalue weighted by atomic mass is 19.4. The molecule has 1 aliphatic heterocycles. The molecule has 2 atom stereocenters. The summed E-state index contributed by atoms with van der Waals surface area (Å²) in [5.74, 6) is -0.782. The Morgan fingerprint density at radius 1 is 1.33 bits per heavy atom. The van der Waals surface area contributed by atoms with E-state index < -0.39 is 35.5 Å². The molecular formula is C18H20F3N3O3. The van der Waals surface area contributed by atoms with Gasteiger partial charge in [-0.15, -0.1) is 0 Å². The Labute approximate surface area is 154 Å². The van der Waals surface area contributed by atoms with Crippen LogP contribution in [0.1, 0.15) is 28.5 Å². The maximum absolute atomic E-state index is 13.8. The van der Waals surface area contributed by atoms with Gasteiger partial charge in [0.2, 0.25) is 0 Å². The van der Waals surface area contributed by atoms with Crippen LogP contribution in [0.15, 0.2) is 30.5 Å². The third-order valence-electron chi connectivity index (χ3n) is 4.52. The molecule has 0 radical (unpaired) electrons. The van der Waals surface area contributed by atoms with E-state index in [1.165, 1.54) is 17.0 Å². The maximum Gasteiger partial charge on any atom is 0.434 e. The van der Waals surface area contributed by atoms with Gasteiger partial charge in [0.15, 0.2) is 5.69 Å². The van der Waals surface area contributed by atoms with E-state index in [9.17, 15) is 23.1 Å². The van der Waals surface area contributed by atoms with E-state index >= 15 is 0 Å². The third kappa shape index (κ3) is 3.84. The maximum atomic E-state index is 13.8. The molecular weight excluding hydrogens is 363 g/mol. The summed E-state index contributed by atoms with van der Waals surface area (Å²) < 4.78 is 47.4. The summed E-state index contributed by atoms with van der Waals surface area (Å²) in [4.78, 5) is 14.2. The van der Waals surface area contributed by atoms with Gasteiger partial charge < -0.3 is 14.7 Å². The molecule has 1 fully saturated rings. The molecule has 0 saturated carbocycles. The third-order valence-corrected chi connectivity index (χ3v) is 4.52. The average Bonchev–Trinajstić information content (AvgIpc) is 3.08. The fourth-order valence-electron chi connectivity index (χ4n) is 3.03. The van der Waals surface area contributed by atoms with Crippen molar-refractivity contribution in [2.75, 3.05) is 19.8 Å². The number of carbonyl (C=O) groups is 1. The van der Waals surface area contributed by atoms with Crippen LogP contribution in [-0.2, 0) is 10.9 Å². The van der Waals surface area contributed by atoms with Crippen molar-refractivity contribution in [3.05, 3.63) is 47.3 Å². The molecule has 1 aromatic carbocycles. The number of benzene rings is 1. The van der Waals surface area contributed by atoms with Crippen molar-refractivity contribution in [3.63, 3.8) is 0 Å². The first-order valence-corrected chi connectivity index (χ1v) is 8.48. The first kappa shape index (κ1) is 19.4. The number of aliphatic hydroxyl groups is 1. The second-order valence-electron chi connectivity index (χ2n) is 6.60. The van der Waals surface area contributed by atoms with Crippen molar-refractivity contribution >= 4 is 5.91 Å². The normalized spacial score (nSPS) is 20.7. The standard InChI is InChI=1S/C18H20F3N3O3/c1-11-3-5-13(6-4-11)24-16(18(19,20)21)15(7-22-24)17(26)23-8-14(9-25)27-10-12(23)2/h3-7,12,14,25H,8-10H2,1-2H3/t12-,14+/m1/s1. The van der Waals surface area contributed by atoms with Crippen LogP contribution < -0.4 is 0 Å². The van der Waals surface area contributed by atoms with Crippen LogP contribution in [-0.4, -0.2) is 57.6 Å². The van der Waals surface area contributed by atoms with Gasteiger partial charge in [-0.05, 0) is 26.0 Å². The number of carbonyl (C=O) groups excluding carboxylic acids is 1. The second kappa shape index (κ2) is 7.32. The molecule has 0 bridgehead atoms. The van der Waals surface area contributed by atoms with Crippen LogP contribution in [0.4, 0.5) is 13.2 Å². The summed E-state index contributed by atoms with van der Waals surface area (Å²) in [6, 6.07) is 5.98. The number of morpholine rings is 1. The molecule has 3 rings (SSSR count). The van der Waals surface area contributed by atoms with Gasteiger partial charge in [0.05, 0.1) is 42.8 Å². The fourth-order valence-corrected chi connectivity index (χ4v) is 3.03. The monoisotopic (exact) mass is 383 g/mol. The van der Waals surface area contributed by atoms with Gasteiger partial charge >= 0.3 is 6.18 Å². The minimum Gasteiger partial charge on any atom is -0.394 e. The van der Waals surface area contributed by atoms with Gasteiger partial charge in [0.1, 0.15) is 0 Å². The molecule has 9 heteroatoms. The zero-order valence-electron chi connectivity index (χ0n) is 14.9. The summed E-state index contributed by atoms with van der Waals surface area (Å²) in [7, 11) is 0. The minimum atomic E-state index is -4.77. The highest BCUT2D eigenvalue weighted by molar-refractivity contribution is 5.95. The molecule has 2 aromatic rings. The second-order valence-corrected chi connectivity index (χ2v) is 6.60. The van der Waals surface area contributed by atoms with Crippen molar-refractivity contribution in [2.24, 2.45) is 0 Å². The van der Waals surface area contributed by atoms with Crippen LogP contribution in [0.2, 0.25) is 0 Å². The molecule has 0 spiro atoms. The highest BCUT2D eigenvalue weighted by Crippen LogP contribution is 2.34. The number of amides is 1. The van der Waals surface area contributed by atoms with Crippen molar-refractivity contribution in [1.29, 1.82) is 0 Å². The molecule has 146 valence electrons. The van der Waals surface area contributed by atoms with Gasteiger partial charge in [-0.3, -0.25) is 4.79 Å². The lowest BCUT2D eigenvalue weighted by Gasteiger charge is -2.37. The van der Waals surface area contributed by atoms with Crippen LogP contribution >= 0.6 is 0 Å². The van der Waals surface area contributed by atoms with Crippen LogP contribution in [0.3, 0.4) is 0 Å². The molecule has 6 nitrogen and oxygen atoms in total. The molecule has 1 amide bonds. The summed E-state index contributed by atoms with van der Waals surface area (Å²) in [6.07, 6.45) is -4.44. The number of rotatable bonds is 3. The first-order chi connectivity index (χ1) is 12.7. The van der Waals surface area contributed by atoms with E-state index in [-0.39, 0.29) is 25.4 Å². The quantitative estimate of drug-likeness (QED) is 0.884. The van der Waals surface area contributed by atoms with Gasteiger partial charge in [-0.1, -0.05) is 17.7 Å². The summed E-state index contributed by atoms with van der Waals surface area (Å²) in [5.41, 5.74) is -0.521. The lowest BCUT2D eigenvalue weighted by Crippen LogP contribution is -2.52. The Morgan fingerprint density at radius 3 is 2.59 bits per heavy atom. The molecule has 1 aromatic heterocycles. The van der Waals surface area contributed by atoms with E-state index in [4.69, 9.17) is 4.74 Å². The van der Waals surface area contributed by atoms with E-state index in [0.29, 0.717) is 0 Å². The van der Waals surface area contributed by atoms with Gasteiger partial charge in [0, 0.05) is 6.54 Å². The Balaban J connectivity index is 2.02. The molecule has 1 N–H and O–H groups in total. The molecule has 0 unspecified atom stereocenters. The Bertz CT molecular complexity index is 817. The van der Waals surface area contributed by atoms with E-state index in [2.05, 4.69) is 5.10 Å². The number of alkyl halides is 3. The lowest BCUT2D eigenvalue weighted by atomic mass is 10.1. The SMILES string of the molecule is Cc1ccc(-n2ncc(C(=O)N3C[C@@H](CO)OC[C@H]3C)c2C(F)(F)F)cc1. The van der Waals surface area contributed by atoms with Gasteiger partial charge in [0.25, 0.3) is 5.91 Å². The predicted octanol–water partition coefficient (Wildman–Crippen LogP) is 2.42. The number of halogens is 3. The van der Waals surface area contributed by atoms with E-state index in [1.54, 1.807) is 19.1 Å². The molecule has 2 heterocycles. The number of nitrogens with zero attached hydrogens (tertiary/aromatic N) is 3. The number of aliphatic hydroxyl groups excluding tert-OH is 1. The number of hydrogen-bond donors (Lipinski definition) is 1. The first-order valence-electron chi connectivity index (χ1n) is 8.48. The number of aryl methyl sites for hydroxylation is 1. The lowest BCUT2D eigenvalue weighted by molar-refractivity contribution is -0.143. The molecule has 27 heavy (non-hydrogen) atoms. The fraction of sp³-hybridized carbons (Fsp3) is 0.444. The van der Waals surface area contributed by atoms with Crippen molar-refractivity contribution in [3.8, 4) is 5.69 Å². The van der Waals surface area contributed by atoms with Crippen molar-refractivity contribution in [1.82, 2.24) is 14.7 Å². The summed E-state index contributed by atoms with van der Waals surface area (Å²) >= 11 is 0. The zero-order valence-corrected chi connectivity index (χ0v) is 14.9. The van der Waals surface area contributed by atoms with Crippen molar-refractivity contribution < 1.29 is 27.8 Å². The smallest absolute Gasteiger partial charge is 0.394 e. The van der Waals surface area contributed by atoms with Gasteiger partial charge in [-0.25, -0.2) is 4.68 Å². The Morgan fingerprint density at radius 2 is 2.00 bits per heavy atom.